The number of aldehydes is 1. The van der Waals surface area contributed by atoms with Crippen LogP contribution in [0.4, 0.5) is 5.13 Å². The Morgan fingerprint density at radius 1 is 1.42 bits per heavy atom. The van der Waals surface area contributed by atoms with E-state index < -0.39 is 5.97 Å². The molecule has 0 atom stereocenters. The van der Waals surface area contributed by atoms with E-state index in [-0.39, 0.29) is 11.3 Å². The summed E-state index contributed by atoms with van der Waals surface area (Å²) in [5.41, 5.74) is 0.260. The summed E-state index contributed by atoms with van der Waals surface area (Å²) in [6.07, 6.45) is 1.13. The fourth-order valence-corrected chi connectivity index (χ4v) is 3.43. The normalized spacial score (nSPS) is 10.2. The molecule has 1 amide bonds. The summed E-state index contributed by atoms with van der Waals surface area (Å²) in [5.74, 6) is -1.06. The lowest BCUT2D eigenvalue weighted by atomic mass is 10.2. The zero-order valence-corrected chi connectivity index (χ0v) is 11.3. The van der Waals surface area contributed by atoms with Crippen LogP contribution in [0.15, 0.2) is 11.4 Å². The number of carboxylic acids is 1. The lowest BCUT2D eigenvalue weighted by molar-refractivity contribution is -0.107. The van der Waals surface area contributed by atoms with Gasteiger partial charge >= 0.3 is 5.97 Å². The summed E-state index contributed by atoms with van der Waals surface area (Å²) in [7, 11) is 1.51. The molecule has 6 nitrogen and oxygen atoms in total. The molecule has 0 radical (unpaired) electrons. The summed E-state index contributed by atoms with van der Waals surface area (Å²) >= 11 is 2.32. The first kappa shape index (κ1) is 13.4. The third kappa shape index (κ3) is 2.40. The number of hydrogen-bond donors (Lipinski definition) is 1. The molecule has 0 spiro atoms. The number of hydrogen-bond acceptors (Lipinski definition) is 6. The second-order valence-electron chi connectivity index (χ2n) is 3.51. The molecule has 2 heterocycles. The van der Waals surface area contributed by atoms with Gasteiger partial charge in [0, 0.05) is 7.05 Å². The minimum absolute atomic E-state index is 0.122. The number of thiophene rings is 1. The van der Waals surface area contributed by atoms with E-state index in [4.69, 9.17) is 5.11 Å². The number of thiazole rings is 1. The van der Waals surface area contributed by atoms with Crippen LogP contribution >= 0.6 is 22.7 Å². The SMILES string of the molecule is CN(C=O)c1nc(C=O)c(-c2sccc2C(=O)O)s1. The Labute approximate surface area is 115 Å². The number of amides is 1. The number of aromatic carboxylic acids is 1. The third-order valence-corrected chi connectivity index (χ3v) is 4.56. The maximum absolute atomic E-state index is 11.1. The largest absolute Gasteiger partial charge is 0.478 e. The summed E-state index contributed by atoms with van der Waals surface area (Å²) in [4.78, 5) is 39.0. The van der Waals surface area contributed by atoms with Gasteiger partial charge in [-0.25, -0.2) is 9.78 Å². The van der Waals surface area contributed by atoms with Crippen molar-refractivity contribution in [2.45, 2.75) is 0 Å². The Morgan fingerprint density at radius 2 is 2.16 bits per heavy atom. The number of carbonyl (C=O) groups excluding carboxylic acids is 2. The minimum atomic E-state index is -1.06. The van der Waals surface area contributed by atoms with Gasteiger partial charge in [-0.3, -0.25) is 14.5 Å². The van der Waals surface area contributed by atoms with Crippen molar-refractivity contribution in [3.63, 3.8) is 0 Å². The monoisotopic (exact) mass is 296 g/mol. The first-order valence-electron chi connectivity index (χ1n) is 5.03. The van der Waals surface area contributed by atoms with E-state index in [2.05, 4.69) is 4.98 Å². The molecule has 0 bridgehead atoms. The highest BCUT2D eigenvalue weighted by molar-refractivity contribution is 7.24. The molecule has 8 heteroatoms. The van der Waals surface area contributed by atoms with E-state index in [0.29, 0.717) is 27.6 Å². The van der Waals surface area contributed by atoms with Crippen LogP contribution in [-0.2, 0) is 4.79 Å². The Hall–Kier alpha value is -2.06. The molecule has 0 saturated carbocycles. The maximum atomic E-state index is 11.1. The van der Waals surface area contributed by atoms with E-state index in [1.165, 1.54) is 29.4 Å². The second-order valence-corrected chi connectivity index (χ2v) is 5.41. The van der Waals surface area contributed by atoms with Gasteiger partial charge in [0.1, 0.15) is 5.69 Å². The fourth-order valence-electron chi connectivity index (χ4n) is 1.41. The van der Waals surface area contributed by atoms with Crippen molar-refractivity contribution in [2.75, 3.05) is 11.9 Å². The van der Waals surface area contributed by atoms with Crippen molar-refractivity contribution >= 4 is 46.5 Å². The molecule has 2 rings (SSSR count). The topological polar surface area (TPSA) is 87.6 Å². The molecule has 1 N–H and O–H groups in total. The lowest BCUT2D eigenvalue weighted by Crippen LogP contribution is -2.13. The standard InChI is InChI=1S/C11H8N2O4S2/c1-13(5-15)11-12-7(4-14)9(19-11)8-6(10(16)17)2-3-18-8/h2-5H,1H3,(H,16,17). The average molecular weight is 296 g/mol. The molecule has 0 aliphatic carbocycles. The van der Waals surface area contributed by atoms with E-state index in [9.17, 15) is 14.4 Å². The molecular weight excluding hydrogens is 288 g/mol. The van der Waals surface area contributed by atoms with Crippen LogP contribution in [0.25, 0.3) is 9.75 Å². The summed E-state index contributed by atoms with van der Waals surface area (Å²) in [6.45, 7) is 0. The molecule has 98 valence electrons. The van der Waals surface area contributed by atoms with Crippen molar-refractivity contribution in [1.29, 1.82) is 0 Å². The average Bonchev–Trinajstić information content (AvgIpc) is 3.03. The van der Waals surface area contributed by atoms with Crippen molar-refractivity contribution in [1.82, 2.24) is 4.98 Å². The number of anilines is 1. The fraction of sp³-hybridized carbons (Fsp3) is 0.0909. The van der Waals surface area contributed by atoms with E-state index in [0.717, 1.165) is 11.3 Å². The second kappa shape index (κ2) is 5.29. The van der Waals surface area contributed by atoms with Crippen LogP contribution in [-0.4, -0.2) is 35.8 Å². The first-order valence-corrected chi connectivity index (χ1v) is 6.73. The van der Waals surface area contributed by atoms with Gasteiger partial charge in [0.25, 0.3) is 0 Å². The van der Waals surface area contributed by atoms with E-state index in [1.807, 2.05) is 0 Å². The molecule has 0 aromatic carbocycles. The zero-order chi connectivity index (χ0) is 14.0. The Kier molecular flexibility index (Phi) is 3.72. The summed E-state index contributed by atoms with van der Waals surface area (Å²) in [5, 5.41) is 11.1. The molecule has 0 saturated heterocycles. The number of carboxylic acid groups (broad SMARTS) is 1. The number of rotatable bonds is 5. The van der Waals surface area contributed by atoms with Crippen molar-refractivity contribution in [3.05, 3.63) is 22.7 Å². The summed E-state index contributed by atoms with van der Waals surface area (Å²) in [6, 6.07) is 1.47. The molecule has 0 aliphatic rings. The lowest BCUT2D eigenvalue weighted by Gasteiger charge is -2.03. The van der Waals surface area contributed by atoms with Gasteiger partial charge in [-0.2, -0.15) is 0 Å². The smallest absolute Gasteiger partial charge is 0.337 e. The van der Waals surface area contributed by atoms with Gasteiger partial charge in [-0.15, -0.1) is 11.3 Å². The predicted octanol–water partition coefficient (Wildman–Crippen LogP) is 1.97. The van der Waals surface area contributed by atoms with Crippen LogP contribution in [0.1, 0.15) is 20.8 Å². The highest BCUT2D eigenvalue weighted by atomic mass is 32.1. The number of carbonyl (C=O) groups is 3. The quantitative estimate of drug-likeness (QED) is 0.852. The van der Waals surface area contributed by atoms with Crippen molar-refractivity contribution in [3.8, 4) is 9.75 Å². The van der Waals surface area contributed by atoms with Crippen LogP contribution in [0, 0.1) is 0 Å². The molecule has 0 unspecified atom stereocenters. The number of nitrogens with zero attached hydrogens (tertiary/aromatic N) is 2. The van der Waals surface area contributed by atoms with Gasteiger partial charge in [0.2, 0.25) is 6.41 Å². The highest BCUT2D eigenvalue weighted by Crippen LogP contribution is 2.38. The third-order valence-electron chi connectivity index (χ3n) is 2.32. The molecule has 2 aromatic rings. The molecule has 0 fully saturated rings. The van der Waals surface area contributed by atoms with Gasteiger partial charge in [-0.05, 0) is 11.4 Å². The van der Waals surface area contributed by atoms with Crippen molar-refractivity contribution in [2.24, 2.45) is 0 Å². The highest BCUT2D eigenvalue weighted by Gasteiger charge is 2.21. The van der Waals surface area contributed by atoms with E-state index in [1.54, 1.807) is 5.38 Å². The Bertz CT molecular complexity index is 647. The first-order chi connectivity index (χ1) is 9.08. The Morgan fingerprint density at radius 3 is 2.74 bits per heavy atom. The van der Waals surface area contributed by atoms with E-state index >= 15 is 0 Å². The van der Waals surface area contributed by atoms with Gasteiger partial charge in [-0.1, -0.05) is 11.3 Å². The Balaban J connectivity index is 2.58. The van der Waals surface area contributed by atoms with Gasteiger partial charge in [0.15, 0.2) is 11.4 Å². The van der Waals surface area contributed by atoms with Crippen LogP contribution in [0.3, 0.4) is 0 Å². The zero-order valence-electron chi connectivity index (χ0n) is 9.69. The van der Waals surface area contributed by atoms with Gasteiger partial charge < -0.3 is 5.11 Å². The molecule has 2 aromatic heterocycles. The number of aromatic nitrogens is 1. The van der Waals surface area contributed by atoms with Crippen LogP contribution in [0.5, 0.6) is 0 Å². The predicted molar refractivity (Wildman–Crippen MR) is 72.2 cm³/mol. The molecule has 0 aliphatic heterocycles. The van der Waals surface area contributed by atoms with Crippen LogP contribution in [0.2, 0.25) is 0 Å². The molecular formula is C11H8N2O4S2. The minimum Gasteiger partial charge on any atom is -0.478 e. The summed E-state index contributed by atoms with van der Waals surface area (Å²) < 4.78 is 0. The van der Waals surface area contributed by atoms with Gasteiger partial charge in [0.05, 0.1) is 15.3 Å². The molecule has 19 heavy (non-hydrogen) atoms. The van der Waals surface area contributed by atoms with Crippen LogP contribution < -0.4 is 4.90 Å². The maximum Gasteiger partial charge on any atom is 0.337 e. The van der Waals surface area contributed by atoms with Crippen molar-refractivity contribution < 1.29 is 19.5 Å².